The van der Waals surface area contributed by atoms with Gasteiger partial charge in [0.1, 0.15) is 5.82 Å². The second-order valence-corrected chi connectivity index (χ2v) is 11.7. The SMILES string of the molecule is CCCN(CCC)C1CCN(c2ccc(N3CCC4(CC3)CCN(C3CCC3)CC4)nc2)CC1. The summed E-state index contributed by atoms with van der Waals surface area (Å²) < 4.78 is 0. The van der Waals surface area contributed by atoms with Gasteiger partial charge in [-0.15, -0.1) is 0 Å². The third-order valence-corrected chi connectivity index (χ3v) is 9.70. The van der Waals surface area contributed by atoms with Gasteiger partial charge in [-0.1, -0.05) is 20.3 Å². The summed E-state index contributed by atoms with van der Waals surface area (Å²) in [7, 11) is 0. The molecule has 0 amide bonds. The van der Waals surface area contributed by atoms with E-state index in [1.54, 1.807) is 0 Å². The summed E-state index contributed by atoms with van der Waals surface area (Å²) in [5.74, 6) is 1.19. The fourth-order valence-corrected chi connectivity index (χ4v) is 7.12. The first-order valence-electron chi connectivity index (χ1n) is 14.6. The number of piperidine rings is 3. The Labute approximate surface area is 208 Å². The number of aromatic nitrogens is 1. The van der Waals surface area contributed by atoms with Crippen LogP contribution in [0.3, 0.4) is 0 Å². The minimum Gasteiger partial charge on any atom is -0.370 e. The molecule has 4 aliphatic rings. The molecule has 1 saturated carbocycles. The van der Waals surface area contributed by atoms with Gasteiger partial charge in [-0.05, 0) is 108 Å². The van der Waals surface area contributed by atoms with E-state index in [1.165, 1.54) is 134 Å². The van der Waals surface area contributed by atoms with E-state index in [9.17, 15) is 0 Å². The number of rotatable bonds is 8. The highest BCUT2D eigenvalue weighted by Gasteiger charge is 2.39. The van der Waals surface area contributed by atoms with Crippen molar-refractivity contribution in [3.63, 3.8) is 0 Å². The zero-order chi connectivity index (χ0) is 23.4. The second-order valence-electron chi connectivity index (χ2n) is 11.7. The van der Waals surface area contributed by atoms with E-state index < -0.39 is 0 Å². The maximum atomic E-state index is 4.94. The molecule has 0 unspecified atom stereocenters. The van der Waals surface area contributed by atoms with E-state index in [1.807, 2.05) is 0 Å². The molecule has 5 heteroatoms. The molecular formula is C29H49N5. The Morgan fingerprint density at radius 2 is 1.47 bits per heavy atom. The predicted molar refractivity (Wildman–Crippen MR) is 144 cm³/mol. The van der Waals surface area contributed by atoms with E-state index in [2.05, 4.69) is 51.8 Å². The average molecular weight is 468 g/mol. The lowest BCUT2D eigenvalue weighted by atomic mass is 9.70. The van der Waals surface area contributed by atoms with Crippen molar-refractivity contribution in [2.45, 2.75) is 96.6 Å². The first-order chi connectivity index (χ1) is 16.7. The van der Waals surface area contributed by atoms with Crippen molar-refractivity contribution in [2.75, 3.05) is 62.2 Å². The van der Waals surface area contributed by atoms with Gasteiger partial charge in [0.15, 0.2) is 0 Å². The summed E-state index contributed by atoms with van der Waals surface area (Å²) in [5.41, 5.74) is 1.93. The topological polar surface area (TPSA) is 25.9 Å². The molecule has 1 aliphatic carbocycles. The molecule has 190 valence electrons. The molecule has 1 spiro atoms. The Kier molecular flexibility index (Phi) is 8.00. The molecule has 5 nitrogen and oxygen atoms in total. The molecule has 1 aromatic rings. The molecule has 0 N–H and O–H groups in total. The van der Waals surface area contributed by atoms with Crippen molar-refractivity contribution in [1.82, 2.24) is 14.8 Å². The van der Waals surface area contributed by atoms with Crippen molar-refractivity contribution in [2.24, 2.45) is 5.41 Å². The van der Waals surface area contributed by atoms with E-state index in [0.717, 1.165) is 12.1 Å². The summed E-state index contributed by atoms with van der Waals surface area (Å²) in [6.45, 7) is 14.5. The van der Waals surface area contributed by atoms with E-state index in [-0.39, 0.29) is 0 Å². The number of likely N-dealkylation sites (tertiary alicyclic amines) is 1. The van der Waals surface area contributed by atoms with Gasteiger partial charge in [0.05, 0.1) is 11.9 Å². The number of nitrogens with zero attached hydrogens (tertiary/aromatic N) is 5. The molecule has 34 heavy (non-hydrogen) atoms. The molecule has 5 rings (SSSR count). The van der Waals surface area contributed by atoms with Crippen LogP contribution < -0.4 is 9.80 Å². The van der Waals surface area contributed by atoms with Gasteiger partial charge >= 0.3 is 0 Å². The molecule has 0 bridgehead atoms. The molecule has 0 radical (unpaired) electrons. The van der Waals surface area contributed by atoms with Gasteiger partial charge in [-0.3, -0.25) is 0 Å². The van der Waals surface area contributed by atoms with Gasteiger partial charge in [-0.25, -0.2) is 4.98 Å². The molecule has 0 aromatic carbocycles. The quantitative estimate of drug-likeness (QED) is 0.509. The minimum atomic E-state index is 0.616. The van der Waals surface area contributed by atoms with Gasteiger partial charge in [0, 0.05) is 38.3 Å². The van der Waals surface area contributed by atoms with Crippen LogP contribution in [-0.2, 0) is 0 Å². The summed E-state index contributed by atoms with van der Waals surface area (Å²) in [4.78, 5) is 15.6. The molecule has 4 fully saturated rings. The molecule has 0 atom stereocenters. The minimum absolute atomic E-state index is 0.616. The monoisotopic (exact) mass is 467 g/mol. The van der Waals surface area contributed by atoms with Gasteiger partial charge in [0.2, 0.25) is 0 Å². The van der Waals surface area contributed by atoms with E-state index in [4.69, 9.17) is 4.98 Å². The summed E-state index contributed by atoms with van der Waals surface area (Å²) in [5, 5.41) is 0. The second kappa shape index (κ2) is 11.2. The maximum absolute atomic E-state index is 4.94. The Bertz CT molecular complexity index is 728. The molecule has 3 saturated heterocycles. The highest BCUT2D eigenvalue weighted by molar-refractivity contribution is 5.51. The summed E-state index contributed by atoms with van der Waals surface area (Å²) in [6, 6.07) is 6.32. The zero-order valence-corrected chi connectivity index (χ0v) is 22.1. The zero-order valence-electron chi connectivity index (χ0n) is 22.1. The summed E-state index contributed by atoms with van der Waals surface area (Å²) in [6.07, 6.45) is 17.2. The number of hydrogen-bond donors (Lipinski definition) is 0. The summed E-state index contributed by atoms with van der Waals surface area (Å²) >= 11 is 0. The third-order valence-electron chi connectivity index (χ3n) is 9.70. The Hall–Kier alpha value is -1.33. The van der Waals surface area contributed by atoms with Crippen LogP contribution in [0.4, 0.5) is 11.5 Å². The van der Waals surface area contributed by atoms with Crippen LogP contribution in [0.5, 0.6) is 0 Å². The van der Waals surface area contributed by atoms with Crippen molar-refractivity contribution >= 4 is 11.5 Å². The van der Waals surface area contributed by atoms with E-state index >= 15 is 0 Å². The first-order valence-corrected chi connectivity index (χ1v) is 14.6. The van der Waals surface area contributed by atoms with Crippen molar-refractivity contribution < 1.29 is 0 Å². The molecular weight excluding hydrogens is 418 g/mol. The van der Waals surface area contributed by atoms with Gasteiger partial charge < -0.3 is 19.6 Å². The number of anilines is 2. The van der Waals surface area contributed by atoms with E-state index in [0.29, 0.717) is 5.41 Å². The number of pyridine rings is 1. The molecule has 3 aliphatic heterocycles. The van der Waals surface area contributed by atoms with Crippen molar-refractivity contribution in [3.8, 4) is 0 Å². The lowest BCUT2D eigenvalue weighted by Crippen LogP contribution is -2.51. The van der Waals surface area contributed by atoms with Crippen LogP contribution in [-0.4, -0.2) is 79.2 Å². The lowest BCUT2D eigenvalue weighted by Gasteiger charge is -2.50. The number of hydrogen-bond acceptors (Lipinski definition) is 5. The van der Waals surface area contributed by atoms with Crippen LogP contribution in [0.25, 0.3) is 0 Å². The fraction of sp³-hybridized carbons (Fsp3) is 0.828. The molecule has 1 aromatic heterocycles. The van der Waals surface area contributed by atoms with Crippen LogP contribution in [0, 0.1) is 5.41 Å². The maximum Gasteiger partial charge on any atom is 0.128 e. The van der Waals surface area contributed by atoms with Crippen molar-refractivity contribution in [3.05, 3.63) is 18.3 Å². The third kappa shape index (κ3) is 5.41. The highest BCUT2D eigenvalue weighted by atomic mass is 15.2. The Morgan fingerprint density at radius 1 is 0.824 bits per heavy atom. The Morgan fingerprint density at radius 3 is 2.00 bits per heavy atom. The Balaban J connectivity index is 1.09. The van der Waals surface area contributed by atoms with Crippen LogP contribution >= 0.6 is 0 Å². The first kappa shape index (κ1) is 24.4. The average Bonchev–Trinajstić information content (AvgIpc) is 2.85. The molecule has 4 heterocycles. The normalized spacial score (nSPS) is 24.7. The largest absolute Gasteiger partial charge is 0.370 e. The fourth-order valence-electron chi connectivity index (χ4n) is 7.12. The smallest absolute Gasteiger partial charge is 0.128 e. The predicted octanol–water partition coefficient (Wildman–Crippen LogP) is 5.41. The van der Waals surface area contributed by atoms with Crippen LogP contribution in [0.2, 0.25) is 0 Å². The van der Waals surface area contributed by atoms with Gasteiger partial charge in [-0.2, -0.15) is 0 Å². The van der Waals surface area contributed by atoms with Gasteiger partial charge in [0.25, 0.3) is 0 Å². The van der Waals surface area contributed by atoms with Crippen LogP contribution in [0.15, 0.2) is 18.3 Å². The highest BCUT2D eigenvalue weighted by Crippen LogP contribution is 2.43. The lowest BCUT2D eigenvalue weighted by molar-refractivity contribution is 0.0305. The van der Waals surface area contributed by atoms with Crippen LogP contribution in [0.1, 0.15) is 84.5 Å². The van der Waals surface area contributed by atoms with Crippen molar-refractivity contribution in [1.29, 1.82) is 0 Å². The standard InChI is InChI=1S/C29H49N5/c1-3-16-31(17-4-2)26-10-18-32(19-11-26)27-8-9-28(30-24-27)34-22-14-29(15-23-34)12-20-33(21-13-29)25-6-5-7-25/h8-9,24-26H,3-7,10-23H2,1-2H3.